The SMILES string of the molecule is Cc1ccc(C(=O)N2CC[C@H](n3cc(-c4nc(-c5ccccc5)no4)nn3)C2)cc1C. The molecule has 2 aromatic heterocycles. The Labute approximate surface area is 179 Å². The molecule has 1 aliphatic rings. The lowest BCUT2D eigenvalue weighted by atomic mass is 10.1. The van der Waals surface area contributed by atoms with Crippen LogP contribution in [0.25, 0.3) is 23.0 Å². The highest BCUT2D eigenvalue weighted by molar-refractivity contribution is 5.94. The zero-order valence-corrected chi connectivity index (χ0v) is 17.4. The second-order valence-corrected chi connectivity index (χ2v) is 7.87. The van der Waals surface area contributed by atoms with E-state index in [0.29, 0.717) is 30.5 Å². The monoisotopic (exact) mass is 414 g/mol. The van der Waals surface area contributed by atoms with Crippen LogP contribution in [-0.2, 0) is 0 Å². The minimum absolute atomic E-state index is 0.0512. The number of benzene rings is 2. The normalized spacial score (nSPS) is 16.1. The summed E-state index contributed by atoms with van der Waals surface area (Å²) in [4.78, 5) is 19.2. The first kappa shape index (κ1) is 19.2. The van der Waals surface area contributed by atoms with Gasteiger partial charge < -0.3 is 9.42 Å². The number of carbonyl (C=O) groups is 1. The maximum absolute atomic E-state index is 12.9. The Morgan fingerprint density at radius 1 is 1.10 bits per heavy atom. The van der Waals surface area contributed by atoms with Gasteiger partial charge in [-0.1, -0.05) is 46.8 Å². The van der Waals surface area contributed by atoms with Crippen molar-refractivity contribution < 1.29 is 9.32 Å². The molecule has 5 rings (SSSR count). The van der Waals surface area contributed by atoms with Crippen LogP contribution in [0.5, 0.6) is 0 Å². The van der Waals surface area contributed by atoms with Crippen molar-refractivity contribution in [2.24, 2.45) is 0 Å². The van der Waals surface area contributed by atoms with Gasteiger partial charge >= 0.3 is 0 Å². The van der Waals surface area contributed by atoms with Gasteiger partial charge in [0.2, 0.25) is 5.82 Å². The molecule has 1 aliphatic heterocycles. The van der Waals surface area contributed by atoms with Crippen molar-refractivity contribution in [3.8, 4) is 23.0 Å². The molecule has 2 aromatic carbocycles. The number of amides is 1. The number of likely N-dealkylation sites (tertiary alicyclic amines) is 1. The van der Waals surface area contributed by atoms with Crippen molar-refractivity contribution >= 4 is 5.91 Å². The summed E-state index contributed by atoms with van der Waals surface area (Å²) in [6.45, 7) is 5.35. The molecule has 156 valence electrons. The standard InChI is InChI=1S/C23H22N6O2/c1-15-8-9-18(12-16(15)2)23(30)28-11-10-19(13-28)29-14-20(25-27-29)22-24-21(26-31-22)17-6-4-3-5-7-17/h3-9,12,14,19H,10-11,13H2,1-2H3/t19-/m0/s1. The first-order valence-corrected chi connectivity index (χ1v) is 10.3. The summed E-state index contributed by atoms with van der Waals surface area (Å²) in [5.74, 6) is 0.887. The average molecular weight is 414 g/mol. The van der Waals surface area contributed by atoms with E-state index in [9.17, 15) is 4.79 Å². The van der Waals surface area contributed by atoms with Crippen LogP contribution in [0.2, 0.25) is 0 Å². The van der Waals surface area contributed by atoms with E-state index < -0.39 is 0 Å². The van der Waals surface area contributed by atoms with Crippen LogP contribution < -0.4 is 0 Å². The summed E-state index contributed by atoms with van der Waals surface area (Å²) in [6.07, 6.45) is 2.62. The number of hydrogen-bond donors (Lipinski definition) is 0. The molecule has 0 N–H and O–H groups in total. The zero-order chi connectivity index (χ0) is 21.4. The molecular weight excluding hydrogens is 392 g/mol. The van der Waals surface area contributed by atoms with Gasteiger partial charge in [0.15, 0.2) is 5.69 Å². The maximum atomic E-state index is 12.9. The molecule has 1 saturated heterocycles. The van der Waals surface area contributed by atoms with E-state index in [1.54, 1.807) is 10.9 Å². The lowest BCUT2D eigenvalue weighted by Gasteiger charge is -2.17. The zero-order valence-electron chi connectivity index (χ0n) is 17.4. The van der Waals surface area contributed by atoms with Gasteiger partial charge in [-0.05, 0) is 43.5 Å². The van der Waals surface area contributed by atoms with E-state index >= 15 is 0 Å². The Morgan fingerprint density at radius 2 is 1.94 bits per heavy atom. The van der Waals surface area contributed by atoms with Crippen molar-refractivity contribution in [2.75, 3.05) is 13.1 Å². The Bertz CT molecular complexity index is 1230. The topological polar surface area (TPSA) is 89.9 Å². The smallest absolute Gasteiger partial charge is 0.280 e. The Kier molecular flexibility index (Phi) is 4.82. The minimum Gasteiger partial charge on any atom is -0.336 e. The lowest BCUT2D eigenvalue weighted by molar-refractivity contribution is 0.0787. The molecule has 0 spiro atoms. The number of aromatic nitrogens is 5. The molecule has 0 unspecified atom stereocenters. The summed E-state index contributed by atoms with van der Waals surface area (Å²) >= 11 is 0. The fourth-order valence-electron chi connectivity index (χ4n) is 3.78. The molecule has 0 bridgehead atoms. The van der Waals surface area contributed by atoms with Crippen molar-refractivity contribution in [3.63, 3.8) is 0 Å². The van der Waals surface area contributed by atoms with Gasteiger partial charge in [0.05, 0.1) is 12.2 Å². The molecule has 0 radical (unpaired) electrons. The number of nitrogens with zero attached hydrogens (tertiary/aromatic N) is 6. The molecule has 1 amide bonds. The highest BCUT2D eigenvalue weighted by Crippen LogP contribution is 2.26. The van der Waals surface area contributed by atoms with Gasteiger partial charge in [0.1, 0.15) is 0 Å². The van der Waals surface area contributed by atoms with Gasteiger partial charge in [-0.3, -0.25) is 4.79 Å². The number of hydrogen-bond acceptors (Lipinski definition) is 6. The third-order valence-corrected chi connectivity index (χ3v) is 5.77. The van der Waals surface area contributed by atoms with Crippen LogP contribution in [-0.4, -0.2) is 49.0 Å². The van der Waals surface area contributed by atoms with Crippen LogP contribution in [0.3, 0.4) is 0 Å². The van der Waals surface area contributed by atoms with E-state index in [4.69, 9.17) is 4.52 Å². The van der Waals surface area contributed by atoms with Gasteiger partial charge in [-0.2, -0.15) is 4.98 Å². The average Bonchev–Trinajstić information content (AvgIpc) is 3.55. The second-order valence-electron chi connectivity index (χ2n) is 7.87. The van der Waals surface area contributed by atoms with E-state index in [1.807, 2.05) is 67.3 Å². The number of aryl methyl sites for hydroxylation is 2. The van der Waals surface area contributed by atoms with E-state index in [0.717, 1.165) is 23.1 Å². The second kappa shape index (κ2) is 7.79. The number of rotatable bonds is 4. The van der Waals surface area contributed by atoms with Crippen molar-refractivity contribution in [2.45, 2.75) is 26.3 Å². The van der Waals surface area contributed by atoms with Crippen molar-refractivity contribution in [1.29, 1.82) is 0 Å². The first-order chi connectivity index (χ1) is 15.1. The van der Waals surface area contributed by atoms with Crippen LogP contribution >= 0.6 is 0 Å². The Balaban J connectivity index is 1.29. The van der Waals surface area contributed by atoms with E-state index in [-0.39, 0.29) is 11.9 Å². The van der Waals surface area contributed by atoms with Crippen LogP contribution in [0, 0.1) is 13.8 Å². The molecule has 0 aliphatic carbocycles. The molecule has 8 heteroatoms. The fourth-order valence-corrected chi connectivity index (χ4v) is 3.78. The van der Waals surface area contributed by atoms with Gasteiger partial charge in [0, 0.05) is 24.2 Å². The summed E-state index contributed by atoms with van der Waals surface area (Å²) < 4.78 is 7.16. The predicted molar refractivity (Wildman–Crippen MR) is 114 cm³/mol. The summed E-state index contributed by atoms with van der Waals surface area (Å²) in [5, 5.41) is 12.5. The van der Waals surface area contributed by atoms with Crippen LogP contribution in [0.1, 0.15) is 33.9 Å². The fraction of sp³-hybridized carbons (Fsp3) is 0.261. The predicted octanol–water partition coefficient (Wildman–Crippen LogP) is 3.70. The largest absolute Gasteiger partial charge is 0.336 e. The highest BCUT2D eigenvalue weighted by Gasteiger charge is 2.29. The molecule has 0 saturated carbocycles. The van der Waals surface area contributed by atoms with Gasteiger partial charge in [-0.15, -0.1) is 5.10 Å². The summed E-state index contributed by atoms with van der Waals surface area (Å²) in [7, 11) is 0. The van der Waals surface area contributed by atoms with E-state index in [2.05, 4.69) is 20.5 Å². The molecule has 3 heterocycles. The molecule has 4 aromatic rings. The van der Waals surface area contributed by atoms with Crippen LogP contribution in [0.4, 0.5) is 0 Å². The van der Waals surface area contributed by atoms with Crippen molar-refractivity contribution in [3.05, 3.63) is 71.4 Å². The first-order valence-electron chi connectivity index (χ1n) is 10.3. The quantitative estimate of drug-likeness (QED) is 0.506. The molecule has 8 nitrogen and oxygen atoms in total. The van der Waals surface area contributed by atoms with Crippen LogP contribution in [0.15, 0.2) is 59.3 Å². The Hall–Kier alpha value is -3.81. The molecular formula is C23H22N6O2. The van der Waals surface area contributed by atoms with Crippen molar-refractivity contribution in [1.82, 2.24) is 30.0 Å². The Morgan fingerprint density at radius 3 is 2.74 bits per heavy atom. The maximum Gasteiger partial charge on any atom is 0.280 e. The molecule has 1 fully saturated rings. The molecule has 31 heavy (non-hydrogen) atoms. The van der Waals surface area contributed by atoms with E-state index in [1.165, 1.54) is 5.56 Å². The minimum atomic E-state index is 0.0512. The molecule has 1 atom stereocenters. The summed E-state index contributed by atoms with van der Waals surface area (Å²) in [6, 6.07) is 15.5. The van der Waals surface area contributed by atoms with Gasteiger partial charge in [-0.25, -0.2) is 4.68 Å². The highest BCUT2D eigenvalue weighted by atomic mass is 16.5. The number of carbonyl (C=O) groups excluding carboxylic acids is 1. The third-order valence-electron chi connectivity index (χ3n) is 5.77. The summed E-state index contributed by atoms with van der Waals surface area (Å²) in [5.41, 5.74) is 4.43. The lowest BCUT2D eigenvalue weighted by Crippen LogP contribution is -2.29. The van der Waals surface area contributed by atoms with Gasteiger partial charge in [0.25, 0.3) is 11.8 Å². The third kappa shape index (κ3) is 3.72.